The molecule has 2 nitrogen and oxygen atoms in total. The summed E-state index contributed by atoms with van der Waals surface area (Å²) in [4.78, 5) is 13.9. The maximum absolute atomic E-state index is 12.0. The second-order valence-electron chi connectivity index (χ2n) is 4.30. The molecule has 0 N–H and O–H groups in total. The fraction of sp³-hybridized carbons (Fsp3) is 0.900. The topological polar surface area (TPSA) is 20.3 Å². The van der Waals surface area contributed by atoms with Crippen LogP contribution in [0.25, 0.3) is 0 Å². The van der Waals surface area contributed by atoms with E-state index in [4.69, 9.17) is 0 Å². The summed E-state index contributed by atoms with van der Waals surface area (Å²) in [5.41, 5.74) is 0. The smallest absolute Gasteiger partial charge is 0.238 e. The minimum Gasteiger partial charge on any atom is -0.342 e. The number of thiol groups is 1. The van der Waals surface area contributed by atoms with Gasteiger partial charge in [0.05, 0.1) is 4.75 Å². The van der Waals surface area contributed by atoms with E-state index in [1.165, 1.54) is 0 Å². The molecule has 1 unspecified atom stereocenters. The predicted molar refractivity (Wildman–Crippen MR) is 58.0 cm³/mol. The summed E-state index contributed by atoms with van der Waals surface area (Å²) in [5.74, 6) is 0.479. The molecule has 0 spiro atoms. The third kappa shape index (κ3) is 2.19. The first-order valence-corrected chi connectivity index (χ1v) is 5.42. The van der Waals surface area contributed by atoms with E-state index in [9.17, 15) is 4.79 Å². The molecule has 0 radical (unpaired) electrons. The quantitative estimate of drug-likeness (QED) is 0.677. The van der Waals surface area contributed by atoms with Gasteiger partial charge in [0.25, 0.3) is 0 Å². The summed E-state index contributed by atoms with van der Waals surface area (Å²) < 4.78 is -0.496. The van der Waals surface area contributed by atoms with Crippen LogP contribution in [-0.2, 0) is 4.79 Å². The summed E-state index contributed by atoms with van der Waals surface area (Å²) in [7, 11) is 0. The molecule has 1 saturated heterocycles. The molecule has 1 atom stereocenters. The van der Waals surface area contributed by atoms with E-state index in [1.54, 1.807) is 0 Å². The zero-order valence-electron chi connectivity index (χ0n) is 8.71. The van der Waals surface area contributed by atoms with E-state index < -0.39 is 4.75 Å². The van der Waals surface area contributed by atoms with Crippen LogP contribution in [0.2, 0.25) is 0 Å². The zero-order valence-corrected chi connectivity index (χ0v) is 9.60. The van der Waals surface area contributed by atoms with E-state index in [0.29, 0.717) is 0 Å². The van der Waals surface area contributed by atoms with E-state index in [-0.39, 0.29) is 11.8 Å². The molecule has 0 bridgehead atoms. The summed E-state index contributed by atoms with van der Waals surface area (Å²) in [6.45, 7) is 7.84. The molecule has 0 aliphatic carbocycles. The molecule has 1 rings (SSSR count). The second kappa shape index (κ2) is 3.91. The van der Waals surface area contributed by atoms with Gasteiger partial charge in [0, 0.05) is 13.1 Å². The Bertz CT molecular complexity index is 195. The van der Waals surface area contributed by atoms with Gasteiger partial charge in [-0.05, 0) is 25.7 Å². The Morgan fingerprint density at radius 3 is 2.23 bits per heavy atom. The maximum atomic E-state index is 12.0. The van der Waals surface area contributed by atoms with E-state index >= 15 is 0 Å². The Morgan fingerprint density at radius 1 is 1.38 bits per heavy atom. The van der Waals surface area contributed by atoms with Gasteiger partial charge in [-0.25, -0.2) is 0 Å². The van der Waals surface area contributed by atoms with Crippen LogP contribution in [0.4, 0.5) is 0 Å². The lowest BCUT2D eigenvalue weighted by molar-refractivity contribution is -0.133. The van der Waals surface area contributed by atoms with Crippen LogP contribution in [0.5, 0.6) is 0 Å². The van der Waals surface area contributed by atoms with E-state index in [0.717, 1.165) is 25.9 Å². The SMILES string of the molecule is CC(C)C(C)(S)C(=O)N1CCCC1. The molecule has 0 aromatic rings. The fourth-order valence-corrected chi connectivity index (χ4v) is 1.63. The van der Waals surface area contributed by atoms with Gasteiger partial charge in [0.15, 0.2) is 0 Å². The molecular weight excluding hydrogens is 182 g/mol. The number of carbonyl (C=O) groups excluding carboxylic acids is 1. The molecule has 1 aliphatic heterocycles. The van der Waals surface area contributed by atoms with Crippen LogP contribution in [0.15, 0.2) is 0 Å². The van der Waals surface area contributed by atoms with Crippen molar-refractivity contribution in [3.05, 3.63) is 0 Å². The number of likely N-dealkylation sites (tertiary alicyclic amines) is 1. The summed E-state index contributed by atoms with van der Waals surface area (Å²) in [6.07, 6.45) is 2.29. The number of hydrogen-bond acceptors (Lipinski definition) is 2. The van der Waals surface area contributed by atoms with Crippen molar-refractivity contribution in [1.82, 2.24) is 4.90 Å². The van der Waals surface area contributed by atoms with Crippen molar-refractivity contribution in [2.75, 3.05) is 13.1 Å². The Morgan fingerprint density at radius 2 is 1.85 bits per heavy atom. The first-order valence-electron chi connectivity index (χ1n) is 4.98. The van der Waals surface area contributed by atoms with Gasteiger partial charge in [0.1, 0.15) is 0 Å². The van der Waals surface area contributed by atoms with Crippen LogP contribution in [0.3, 0.4) is 0 Å². The molecule has 1 amide bonds. The number of nitrogens with zero attached hydrogens (tertiary/aromatic N) is 1. The van der Waals surface area contributed by atoms with Crippen LogP contribution < -0.4 is 0 Å². The highest BCUT2D eigenvalue weighted by Crippen LogP contribution is 2.28. The third-order valence-corrected chi connectivity index (χ3v) is 3.66. The molecule has 1 heterocycles. The molecule has 76 valence electrons. The van der Waals surface area contributed by atoms with Gasteiger partial charge in [0.2, 0.25) is 5.91 Å². The maximum Gasteiger partial charge on any atom is 0.238 e. The number of amides is 1. The van der Waals surface area contributed by atoms with Crippen molar-refractivity contribution in [2.24, 2.45) is 5.92 Å². The normalized spacial score (nSPS) is 22.1. The van der Waals surface area contributed by atoms with Gasteiger partial charge < -0.3 is 4.90 Å². The van der Waals surface area contributed by atoms with Crippen LogP contribution >= 0.6 is 12.6 Å². The minimum atomic E-state index is -0.496. The molecule has 1 fully saturated rings. The van der Waals surface area contributed by atoms with Crippen molar-refractivity contribution >= 4 is 18.5 Å². The lowest BCUT2D eigenvalue weighted by atomic mass is 9.95. The molecule has 1 aliphatic rings. The lowest BCUT2D eigenvalue weighted by Gasteiger charge is -2.31. The second-order valence-corrected chi connectivity index (χ2v) is 5.23. The van der Waals surface area contributed by atoms with Crippen molar-refractivity contribution in [3.63, 3.8) is 0 Å². The van der Waals surface area contributed by atoms with Crippen molar-refractivity contribution < 1.29 is 4.79 Å². The fourth-order valence-electron chi connectivity index (χ4n) is 1.49. The Balaban J connectivity index is 2.64. The predicted octanol–water partition coefficient (Wildman–Crippen LogP) is 1.95. The largest absolute Gasteiger partial charge is 0.342 e. The molecule has 3 heteroatoms. The first kappa shape index (κ1) is 10.9. The van der Waals surface area contributed by atoms with Crippen LogP contribution in [-0.4, -0.2) is 28.6 Å². The molecule has 0 saturated carbocycles. The summed E-state index contributed by atoms with van der Waals surface area (Å²) in [6, 6.07) is 0. The standard InChI is InChI=1S/C10H19NOS/c1-8(2)10(3,13)9(12)11-6-4-5-7-11/h8,13H,4-7H2,1-3H3. The third-order valence-electron chi connectivity index (χ3n) is 2.95. The van der Waals surface area contributed by atoms with Gasteiger partial charge in [-0.1, -0.05) is 13.8 Å². The van der Waals surface area contributed by atoms with Crippen molar-refractivity contribution in [3.8, 4) is 0 Å². The Kier molecular flexibility index (Phi) is 3.28. The van der Waals surface area contributed by atoms with Crippen molar-refractivity contribution in [1.29, 1.82) is 0 Å². The molecule has 13 heavy (non-hydrogen) atoms. The van der Waals surface area contributed by atoms with Gasteiger partial charge in [-0.2, -0.15) is 12.6 Å². The average Bonchev–Trinajstić information content (AvgIpc) is 2.54. The first-order chi connectivity index (χ1) is 5.96. The van der Waals surface area contributed by atoms with E-state index in [2.05, 4.69) is 12.6 Å². The summed E-state index contributed by atoms with van der Waals surface area (Å²) in [5, 5.41) is 0. The number of rotatable bonds is 2. The monoisotopic (exact) mass is 201 g/mol. The Hall–Kier alpha value is -0.180. The average molecular weight is 201 g/mol. The van der Waals surface area contributed by atoms with Gasteiger partial charge in [-0.3, -0.25) is 4.79 Å². The van der Waals surface area contributed by atoms with Crippen LogP contribution in [0.1, 0.15) is 33.6 Å². The highest BCUT2D eigenvalue weighted by molar-refractivity contribution is 7.82. The molecule has 0 aromatic carbocycles. The van der Waals surface area contributed by atoms with Crippen molar-refractivity contribution in [2.45, 2.75) is 38.4 Å². The number of hydrogen-bond donors (Lipinski definition) is 1. The van der Waals surface area contributed by atoms with Gasteiger partial charge >= 0.3 is 0 Å². The molecular formula is C10H19NOS. The highest BCUT2D eigenvalue weighted by atomic mass is 32.1. The van der Waals surface area contributed by atoms with E-state index in [1.807, 2.05) is 25.7 Å². The zero-order chi connectivity index (χ0) is 10.1. The summed E-state index contributed by atoms with van der Waals surface area (Å²) >= 11 is 4.46. The lowest BCUT2D eigenvalue weighted by Crippen LogP contribution is -2.45. The van der Waals surface area contributed by atoms with Gasteiger partial charge in [-0.15, -0.1) is 0 Å². The highest BCUT2D eigenvalue weighted by Gasteiger charge is 2.36. The number of carbonyl (C=O) groups is 1. The minimum absolute atomic E-state index is 0.198. The Labute approximate surface area is 86.1 Å². The van der Waals surface area contributed by atoms with Crippen LogP contribution in [0, 0.1) is 5.92 Å². The molecule has 0 aromatic heterocycles.